The molecule has 0 spiro atoms. The van der Waals surface area contributed by atoms with Gasteiger partial charge in [0.15, 0.2) is 0 Å². The second-order valence-corrected chi connectivity index (χ2v) is 5.96. The fourth-order valence-corrected chi connectivity index (χ4v) is 2.54. The number of aryl methyl sites for hydroxylation is 1. The summed E-state index contributed by atoms with van der Waals surface area (Å²) in [7, 11) is -3.87. The van der Waals surface area contributed by atoms with Gasteiger partial charge in [-0.15, -0.1) is 0 Å². The predicted molar refractivity (Wildman–Crippen MR) is 76.7 cm³/mol. The third-order valence-electron chi connectivity index (χ3n) is 2.60. The highest BCUT2D eigenvalue weighted by Gasteiger charge is 2.16. The fraction of sp³-hybridized carbons (Fsp3) is 0.133. The first-order chi connectivity index (χ1) is 9.87. The minimum absolute atomic E-state index is 0.0807. The molecule has 0 radical (unpaired) electrons. The third-order valence-corrected chi connectivity index (χ3v) is 3.86. The van der Waals surface area contributed by atoms with E-state index in [0.717, 1.165) is 5.56 Å². The van der Waals surface area contributed by atoms with Crippen molar-refractivity contribution in [1.29, 1.82) is 0 Å². The van der Waals surface area contributed by atoms with Crippen molar-refractivity contribution in [1.82, 2.24) is 0 Å². The smallest absolute Gasteiger partial charge is 0.339 e. The molecule has 110 valence electrons. The fourth-order valence-electron chi connectivity index (χ4n) is 1.61. The largest absolute Gasteiger partial charge is 0.427 e. The van der Waals surface area contributed by atoms with Crippen molar-refractivity contribution >= 4 is 16.1 Å². The number of carbonyl (C=O) groups is 1. The zero-order chi connectivity index (χ0) is 15.5. The maximum absolute atomic E-state index is 12.1. The van der Waals surface area contributed by atoms with Crippen molar-refractivity contribution in [3.8, 4) is 11.5 Å². The number of ether oxygens (including phenoxy) is 1. The molecule has 6 heteroatoms. The molecule has 0 atom stereocenters. The number of rotatable bonds is 4. The lowest BCUT2D eigenvalue weighted by molar-refractivity contribution is -0.131. The molecule has 0 amide bonds. The van der Waals surface area contributed by atoms with Gasteiger partial charge >= 0.3 is 16.1 Å². The van der Waals surface area contributed by atoms with Gasteiger partial charge in [0, 0.05) is 6.92 Å². The van der Waals surface area contributed by atoms with Crippen LogP contribution in [0.2, 0.25) is 0 Å². The van der Waals surface area contributed by atoms with Crippen molar-refractivity contribution < 1.29 is 22.1 Å². The molecule has 0 unspecified atom stereocenters. The topological polar surface area (TPSA) is 69.7 Å². The van der Waals surface area contributed by atoms with Gasteiger partial charge in [0.1, 0.15) is 16.4 Å². The normalized spacial score (nSPS) is 11.0. The number of hydrogen-bond donors (Lipinski definition) is 0. The van der Waals surface area contributed by atoms with Crippen molar-refractivity contribution in [3.63, 3.8) is 0 Å². The Morgan fingerprint density at radius 2 is 1.43 bits per heavy atom. The second-order valence-electron chi connectivity index (χ2n) is 4.42. The van der Waals surface area contributed by atoms with Gasteiger partial charge < -0.3 is 8.92 Å². The van der Waals surface area contributed by atoms with Crippen LogP contribution >= 0.6 is 0 Å². The molecule has 0 aliphatic heterocycles. The van der Waals surface area contributed by atoms with Gasteiger partial charge in [-0.05, 0) is 43.3 Å². The van der Waals surface area contributed by atoms with E-state index in [4.69, 9.17) is 8.92 Å². The highest BCUT2D eigenvalue weighted by atomic mass is 32.2. The Hall–Kier alpha value is -2.34. The Bertz CT molecular complexity index is 731. The van der Waals surface area contributed by atoms with Crippen LogP contribution in [0.3, 0.4) is 0 Å². The summed E-state index contributed by atoms with van der Waals surface area (Å²) in [4.78, 5) is 10.9. The summed E-state index contributed by atoms with van der Waals surface area (Å²) in [5.41, 5.74) is 0.958. The Labute approximate surface area is 123 Å². The lowest BCUT2D eigenvalue weighted by Gasteiger charge is -2.08. The molecule has 0 saturated heterocycles. The molecule has 2 aromatic rings. The van der Waals surface area contributed by atoms with E-state index in [0.29, 0.717) is 5.75 Å². The van der Waals surface area contributed by atoms with Crippen molar-refractivity contribution in [2.24, 2.45) is 0 Å². The summed E-state index contributed by atoms with van der Waals surface area (Å²) in [5, 5.41) is 0. The lowest BCUT2D eigenvalue weighted by atomic mass is 10.2. The number of benzene rings is 2. The Morgan fingerprint density at radius 3 is 1.95 bits per heavy atom. The quantitative estimate of drug-likeness (QED) is 0.493. The van der Waals surface area contributed by atoms with Crippen LogP contribution in [0.15, 0.2) is 53.4 Å². The van der Waals surface area contributed by atoms with Gasteiger partial charge in [0.2, 0.25) is 0 Å². The average Bonchev–Trinajstić information content (AvgIpc) is 2.40. The molecule has 0 heterocycles. The summed E-state index contributed by atoms with van der Waals surface area (Å²) >= 11 is 0. The molecule has 0 saturated carbocycles. The summed E-state index contributed by atoms with van der Waals surface area (Å²) in [6.45, 7) is 3.15. The number of hydrogen-bond acceptors (Lipinski definition) is 5. The maximum atomic E-state index is 12.1. The van der Waals surface area contributed by atoms with Crippen LogP contribution < -0.4 is 8.92 Å². The van der Waals surface area contributed by atoms with Gasteiger partial charge in [-0.25, -0.2) is 0 Å². The molecule has 21 heavy (non-hydrogen) atoms. The molecule has 0 bridgehead atoms. The Balaban J connectivity index is 2.16. The average molecular weight is 306 g/mol. The molecular formula is C15H14O5S. The van der Waals surface area contributed by atoms with Gasteiger partial charge in [-0.1, -0.05) is 17.7 Å². The molecule has 0 N–H and O–H groups in total. The molecule has 0 aromatic heterocycles. The summed E-state index contributed by atoms with van der Waals surface area (Å²) in [6, 6.07) is 12.1. The number of esters is 1. The first kappa shape index (κ1) is 15.1. The van der Waals surface area contributed by atoms with E-state index in [-0.39, 0.29) is 10.6 Å². The van der Waals surface area contributed by atoms with Crippen LogP contribution in [0.5, 0.6) is 11.5 Å². The highest BCUT2D eigenvalue weighted by Crippen LogP contribution is 2.22. The zero-order valence-electron chi connectivity index (χ0n) is 11.6. The summed E-state index contributed by atoms with van der Waals surface area (Å²) in [6.07, 6.45) is 0. The van der Waals surface area contributed by atoms with Crippen LogP contribution in [0.4, 0.5) is 0 Å². The van der Waals surface area contributed by atoms with Crippen molar-refractivity contribution in [2.45, 2.75) is 18.7 Å². The zero-order valence-corrected chi connectivity index (χ0v) is 12.4. The molecule has 2 aromatic carbocycles. The van der Waals surface area contributed by atoms with Crippen LogP contribution in [0.25, 0.3) is 0 Å². The van der Waals surface area contributed by atoms with E-state index in [1.807, 2.05) is 6.92 Å². The standard InChI is InChI=1S/C15H14O5S/c1-11-3-9-15(10-4-11)21(17,18)20-14-7-5-13(6-8-14)19-12(2)16/h3-10H,1-2H3. The molecule has 0 fully saturated rings. The maximum Gasteiger partial charge on any atom is 0.339 e. The predicted octanol–water partition coefficient (Wildman–Crippen LogP) is 2.69. The molecule has 2 rings (SSSR count). The minimum Gasteiger partial charge on any atom is -0.427 e. The van der Waals surface area contributed by atoms with Gasteiger partial charge in [0.05, 0.1) is 0 Å². The molecular weight excluding hydrogens is 292 g/mol. The van der Waals surface area contributed by atoms with E-state index in [1.165, 1.54) is 43.3 Å². The SMILES string of the molecule is CC(=O)Oc1ccc(OS(=O)(=O)c2ccc(C)cc2)cc1. The first-order valence-electron chi connectivity index (χ1n) is 6.16. The summed E-state index contributed by atoms with van der Waals surface area (Å²) in [5.74, 6) is 0.0185. The molecule has 0 aliphatic rings. The van der Waals surface area contributed by atoms with Crippen LogP contribution in [-0.4, -0.2) is 14.4 Å². The lowest BCUT2D eigenvalue weighted by Crippen LogP contribution is -2.09. The first-order valence-corrected chi connectivity index (χ1v) is 7.57. The van der Waals surface area contributed by atoms with E-state index in [1.54, 1.807) is 12.1 Å². The molecule has 5 nitrogen and oxygen atoms in total. The van der Waals surface area contributed by atoms with E-state index in [2.05, 4.69) is 0 Å². The molecule has 0 aliphatic carbocycles. The van der Waals surface area contributed by atoms with Crippen molar-refractivity contribution in [2.75, 3.05) is 0 Å². The van der Waals surface area contributed by atoms with Crippen molar-refractivity contribution in [3.05, 3.63) is 54.1 Å². The van der Waals surface area contributed by atoms with Gasteiger partial charge in [-0.3, -0.25) is 4.79 Å². The Kier molecular flexibility index (Phi) is 4.28. The van der Waals surface area contributed by atoms with E-state index in [9.17, 15) is 13.2 Å². The van der Waals surface area contributed by atoms with Gasteiger partial charge in [-0.2, -0.15) is 8.42 Å². The van der Waals surface area contributed by atoms with Crippen LogP contribution in [-0.2, 0) is 14.9 Å². The van der Waals surface area contributed by atoms with E-state index < -0.39 is 16.1 Å². The number of carbonyl (C=O) groups excluding carboxylic acids is 1. The van der Waals surface area contributed by atoms with Crippen LogP contribution in [0, 0.1) is 6.92 Å². The second kappa shape index (κ2) is 5.97. The monoisotopic (exact) mass is 306 g/mol. The Morgan fingerprint density at radius 1 is 0.905 bits per heavy atom. The highest BCUT2D eigenvalue weighted by molar-refractivity contribution is 7.87. The summed E-state index contributed by atoms with van der Waals surface area (Å²) < 4.78 is 34.0. The minimum atomic E-state index is -3.87. The van der Waals surface area contributed by atoms with E-state index >= 15 is 0 Å². The van der Waals surface area contributed by atoms with Crippen LogP contribution in [0.1, 0.15) is 12.5 Å². The van der Waals surface area contributed by atoms with Gasteiger partial charge in [0.25, 0.3) is 0 Å². The third kappa shape index (κ3) is 4.06.